The molecule has 0 spiro atoms. The van der Waals surface area contributed by atoms with E-state index in [2.05, 4.69) is 31.7 Å². The number of fused-ring (bicyclic) bond motifs is 1. The van der Waals surface area contributed by atoms with Gasteiger partial charge >= 0.3 is 0 Å². The van der Waals surface area contributed by atoms with E-state index in [1.165, 1.54) is 11.5 Å². The van der Waals surface area contributed by atoms with Gasteiger partial charge in [-0.3, -0.25) is 0 Å². The predicted octanol–water partition coefficient (Wildman–Crippen LogP) is 3.75. The number of aromatic nitrogens is 4. The molecule has 5 heteroatoms. The van der Waals surface area contributed by atoms with E-state index < -0.39 is 0 Å². The first-order valence-corrected chi connectivity index (χ1v) is 7.01. The maximum absolute atomic E-state index is 4.32. The Morgan fingerprint density at radius 2 is 1.90 bits per heavy atom. The first-order valence-electron chi connectivity index (χ1n) is 6.24. The molecule has 0 fully saturated rings. The van der Waals surface area contributed by atoms with Crippen molar-refractivity contribution in [2.45, 2.75) is 0 Å². The Balaban J connectivity index is 1.96. The van der Waals surface area contributed by atoms with E-state index in [0.29, 0.717) is 0 Å². The summed E-state index contributed by atoms with van der Waals surface area (Å²) in [6, 6.07) is 14.2. The number of pyridine rings is 1. The Labute approximate surface area is 119 Å². The van der Waals surface area contributed by atoms with Crippen LogP contribution in [0, 0.1) is 0 Å². The first kappa shape index (κ1) is 11.3. The number of nitrogens with zero attached hydrogens (tertiary/aromatic N) is 3. The van der Waals surface area contributed by atoms with Crippen molar-refractivity contribution in [1.29, 1.82) is 0 Å². The Bertz CT molecular complexity index is 864. The second-order valence-corrected chi connectivity index (χ2v) is 5.17. The Kier molecular flexibility index (Phi) is 2.57. The molecule has 0 aliphatic rings. The van der Waals surface area contributed by atoms with Crippen molar-refractivity contribution in [3.05, 3.63) is 54.9 Å². The second-order valence-electron chi connectivity index (χ2n) is 4.42. The van der Waals surface area contributed by atoms with Crippen LogP contribution in [-0.2, 0) is 0 Å². The fourth-order valence-corrected chi connectivity index (χ4v) is 3.00. The summed E-state index contributed by atoms with van der Waals surface area (Å²) >= 11 is 1.42. The summed E-state index contributed by atoms with van der Waals surface area (Å²) in [5, 5.41) is 5.39. The third kappa shape index (κ3) is 1.71. The van der Waals surface area contributed by atoms with Gasteiger partial charge in [-0.15, -0.1) is 5.10 Å². The number of benzene rings is 1. The summed E-state index contributed by atoms with van der Waals surface area (Å²) in [5.74, 6) is 0. The molecule has 0 radical (unpaired) electrons. The first-order chi connectivity index (χ1) is 9.93. The van der Waals surface area contributed by atoms with Crippen LogP contribution in [0.2, 0.25) is 0 Å². The zero-order chi connectivity index (χ0) is 13.4. The highest BCUT2D eigenvalue weighted by atomic mass is 32.1. The van der Waals surface area contributed by atoms with Crippen molar-refractivity contribution < 1.29 is 0 Å². The maximum Gasteiger partial charge on any atom is 0.137 e. The topological polar surface area (TPSA) is 54.5 Å². The number of hydrogen-bond donors (Lipinski definition) is 1. The van der Waals surface area contributed by atoms with Crippen LogP contribution in [0.25, 0.3) is 32.7 Å². The zero-order valence-corrected chi connectivity index (χ0v) is 11.3. The van der Waals surface area contributed by atoms with Gasteiger partial charge in [-0.2, -0.15) is 0 Å². The average molecular weight is 278 g/mol. The van der Waals surface area contributed by atoms with E-state index in [-0.39, 0.29) is 0 Å². The van der Waals surface area contributed by atoms with Crippen LogP contribution in [0.4, 0.5) is 0 Å². The van der Waals surface area contributed by atoms with Crippen LogP contribution in [0.1, 0.15) is 0 Å². The van der Waals surface area contributed by atoms with Crippen LogP contribution in [0.15, 0.2) is 54.9 Å². The quantitative estimate of drug-likeness (QED) is 0.607. The highest BCUT2D eigenvalue weighted by molar-refractivity contribution is 7.09. The van der Waals surface area contributed by atoms with Gasteiger partial charge in [0.15, 0.2) is 0 Å². The minimum atomic E-state index is 0.870. The highest BCUT2D eigenvalue weighted by Gasteiger charge is 2.15. The van der Waals surface area contributed by atoms with E-state index in [4.69, 9.17) is 0 Å². The molecule has 0 saturated carbocycles. The number of H-pyrrole nitrogens is 1. The molecule has 4 aromatic rings. The fraction of sp³-hybridized carbons (Fsp3) is 0. The standard InChI is InChI=1S/C15H10N4S/c1-2-4-10(5-3-1)14-13(18-19-20-14)11-6-8-16-15-12(11)7-9-17-15/h1-9H,(H,16,17). The molecule has 20 heavy (non-hydrogen) atoms. The molecule has 0 saturated heterocycles. The lowest BCUT2D eigenvalue weighted by Crippen LogP contribution is -1.85. The number of nitrogens with one attached hydrogen (secondary N) is 1. The third-order valence-corrected chi connectivity index (χ3v) is 4.01. The summed E-state index contributed by atoms with van der Waals surface area (Å²) < 4.78 is 4.13. The van der Waals surface area contributed by atoms with Crippen LogP contribution in [-0.4, -0.2) is 19.6 Å². The molecular weight excluding hydrogens is 268 g/mol. The minimum absolute atomic E-state index is 0.870. The third-order valence-electron chi connectivity index (χ3n) is 3.24. The summed E-state index contributed by atoms with van der Waals surface area (Å²) in [6.07, 6.45) is 3.69. The lowest BCUT2D eigenvalue weighted by Gasteiger charge is -2.02. The van der Waals surface area contributed by atoms with E-state index >= 15 is 0 Å². The van der Waals surface area contributed by atoms with Gasteiger partial charge in [0.2, 0.25) is 0 Å². The highest BCUT2D eigenvalue weighted by Crippen LogP contribution is 2.35. The minimum Gasteiger partial charge on any atom is -0.346 e. The van der Waals surface area contributed by atoms with Gasteiger partial charge in [0, 0.05) is 23.3 Å². The molecule has 4 rings (SSSR count). The molecule has 0 atom stereocenters. The van der Waals surface area contributed by atoms with Gasteiger partial charge < -0.3 is 4.98 Å². The van der Waals surface area contributed by atoms with Gasteiger partial charge in [-0.25, -0.2) is 4.98 Å². The molecule has 4 nitrogen and oxygen atoms in total. The van der Waals surface area contributed by atoms with E-state index in [1.807, 2.05) is 36.5 Å². The Hall–Kier alpha value is -2.53. The maximum atomic E-state index is 4.32. The van der Waals surface area contributed by atoms with E-state index in [0.717, 1.165) is 32.7 Å². The fourth-order valence-electron chi connectivity index (χ4n) is 2.31. The van der Waals surface area contributed by atoms with Gasteiger partial charge in [-0.1, -0.05) is 34.8 Å². The molecule has 0 amide bonds. The van der Waals surface area contributed by atoms with Crippen LogP contribution < -0.4 is 0 Å². The SMILES string of the molecule is c1ccc(-c2snnc2-c2ccnc3[nH]ccc23)cc1. The Morgan fingerprint density at radius 3 is 2.80 bits per heavy atom. The van der Waals surface area contributed by atoms with Crippen molar-refractivity contribution in [3.63, 3.8) is 0 Å². The van der Waals surface area contributed by atoms with Crippen LogP contribution in [0.5, 0.6) is 0 Å². The monoisotopic (exact) mass is 278 g/mol. The van der Waals surface area contributed by atoms with Crippen molar-refractivity contribution in [3.8, 4) is 21.7 Å². The van der Waals surface area contributed by atoms with Gasteiger partial charge in [0.05, 0.1) is 4.88 Å². The average Bonchev–Trinajstić information content (AvgIpc) is 3.16. The summed E-state index contributed by atoms with van der Waals surface area (Å²) in [6.45, 7) is 0. The molecule has 1 aromatic carbocycles. The van der Waals surface area contributed by atoms with Gasteiger partial charge in [-0.05, 0) is 29.2 Å². The van der Waals surface area contributed by atoms with Crippen molar-refractivity contribution >= 4 is 22.6 Å². The lowest BCUT2D eigenvalue weighted by atomic mass is 10.1. The Morgan fingerprint density at radius 1 is 1.00 bits per heavy atom. The lowest BCUT2D eigenvalue weighted by molar-refractivity contribution is 1.16. The molecule has 3 aromatic heterocycles. The molecule has 1 N–H and O–H groups in total. The molecule has 0 aliphatic heterocycles. The van der Waals surface area contributed by atoms with Crippen LogP contribution in [0.3, 0.4) is 0 Å². The molecule has 3 heterocycles. The van der Waals surface area contributed by atoms with Crippen molar-refractivity contribution in [2.75, 3.05) is 0 Å². The smallest absolute Gasteiger partial charge is 0.137 e. The largest absolute Gasteiger partial charge is 0.346 e. The summed E-state index contributed by atoms with van der Waals surface area (Å²) in [7, 11) is 0. The second kappa shape index (κ2) is 4.54. The van der Waals surface area contributed by atoms with Gasteiger partial charge in [0.25, 0.3) is 0 Å². The molecule has 0 bridgehead atoms. The van der Waals surface area contributed by atoms with Crippen molar-refractivity contribution in [2.24, 2.45) is 0 Å². The summed E-state index contributed by atoms with van der Waals surface area (Å²) in [5.41, 5.74) is 3.98. The van der Waals surface area contributed by atoms with Crippen LogP contribution >= 0.6 is 11.5 Å². The van der Waals surface area contributed by atoms with E-state index in [9.17, 15) is 0 Å². The molecule has 0 aliphatic carbocycles. The summed E-state index contributed by atoms with van der Waals surface area (Å²) in [4.78, 5) is 8.52. The normalized spacial score (nSPS) is 11.0. The molecular formula is C15H10N4S. The number of aromatic amines is 1. The van der Waals surface area contributed by atoms with Crippen molar-refractivity contribution in [1.82, 2.24) is 19.6 Å². The van der Waals surface area contributed by atoms with Gasteiger partial charge in [0.1, 0.15) is 11.3 Å². The number of hydrogen-bond acceptors (Lipinski definition) is 4. The number of rotatable bonds is 2. The zero-order valence-electron chi connectivity index (χ0n) is 10.4. The molecule has 96 valence electrons. The molecule has 0 unspecified atom stereocenters. The predicted molar refractivity (Wildman–Crippen MR) is 80.4 cm³/mol. The van der Waals surface area contributed by atoms with E-state index in [1.54, 1.807) is 6.20 Å².